The van der Waals surface area contributed by atoms with E-state index in [1.54, 1.807) is 0 Å². The number of hydrogen-bond donors (Lipinski definition) is 2. The van der Waals surface area contributed by atoms with Crippen molar-refractivity contribution in [1.29, 1.82) is 0 Å². The fourth-order valence-electron chi connectivity index (χ4n) is 1.78. The Hall–Kier alpha value is -1.69. The van der Waals surface area contributed by atoms with Crippen molar-refractivity contribution in [2.24, 2.45) is 0 Å². The Labute approximate surface area is 91.3 Å². The molecule has 1 unspecified atom stereocenters. The predicted octanol–water partition coefficient (Wildman–Crippen LogP) is 0.494. The summed E-state index contributed by atoms with van der Waals surface area (Å²) in [5.41, 5.74) is -1.60. The minimum atomic E-state index is -1.28. The van der Waals surface area contributed by atoms with Gasteiger partial charge in [0.2, 0.25) is 0 Å². The monoisotopic (exact) mass is 224 g/mol. The standard InChI is InChI=1S/C10H12N2O4/c1-10(3-2-4-16-10)9-11-5-6(8(14)15)7(13)12-9/h5H,2-4H2,1H3,(H,14,15)(H,11,12,13). The maximum Gasteiger partial charge on any atom is 0.342 e. The van der Waals surface area contributed by atoms with Crippen molar-refractivity contribution in [3.8, 4) is 0 Å². The van der Waals surface area contributed by atoms with Crippen molar-refractivity contribution in [2.75, 3.05) is 6.61 Å². The minimum Gasteiger partial charge on any atom is -0.477 e. The van der Waals surface area contributed by atoms with E-state index in [0.29, 0.717) is 12.4 Å². The number of carbonyl (C=O) groups is 1. The molecule has 2 N–H and O–H groups in total. The Morgan fingerprint density at radius 3 is 2.94 bits per heavy atom. The summed E-state index contributed by atoms with van der Waals surface area (Å²) >= 11 is 0. The quantitative estimate of drug-likeness (QED) is 0.762. The normalized spacial score (nSPS) is 24.6. The number of aromatic amines is 1. The Balaban J connectivity index is 2.42. The topological polar surface area (TPSA) is 92.3 Å². The van der Waals surface area contributed by atoms with Gasteiger partial charge in [0.1, 0.15) is 17.0 Å². The van der Waals surface area contributed by atoms with Crippen LogP contribution in [0.2, 0.25) is 0 Å². The van der Waals surface area contributed by atoms with Crippen LogP contribution in [0.4, 0.5) is 0 Å². The van der Waals surface area contributed by atoms with Gasteiger partial charge in [0.25, 0.3) is 5.56 Å². The molecule has 1 aromatic heterocycles. The fourth-order valence-corrected chi connectivity index (χ4v) is 1.78. The van der Waals surface area contributed by atoms with Gasteiger partial charge in [-0.15, -0.1) is 0 Å². The van der Waals surface area contributed by atoms with Gasteiger partial charge in [-0.05, 0) is 19.8 Å². The molecule has 0 aromatic carbocycles. The SMILES string of the molecule is CC1(c2ncc(C(=O)O)c(=O)[nH]2)CCCO1. The third kappa shape index (κ3) is 1.71. The molecular weight excluding hydrogens is 212 g/mol. The molecule has 0 spiro atoms. The number of aromatic carboxylic acids is 1. The Bertz CT molecular complexity index is 474. The molecule has 16 heavy (non-hydrogen) atoms. The molecule has 0 amide bonds. The second-order valence-electron chi connectivity index (χ2n) is 3.96. The van der Waals surface area contributed by atoms with E-state index in [1.807, 2.05) is 6.92 Å². The highest BCUT2D eigenvalue weighted by molar-refractivity contribution is 5.86. The van der Waals surface area contributed by atoms with Crippen molar-refractivity contribution < 1.29 is 14.6 Å². The van der Waals surface area contributed by atoms with Crippen molar-refractivity contribution in [3.63, 3.8) is 0 Å². The summed E-state index contributed by atoms with van der Waals surface area (Å²) in [7, 11) is 0. The van der Waals surface area contributed by atoms with Crippen molar-refractivity contribution in [3.05, 3.63) is 27.9 Å². The molecule has 1 aliphatic rings. The first kappa shape index (κ1) is 10.8. The van der Waals surface area contributed by atoms with Gasteiger partial charge in [-0.3, -0.25) is 4.79 Å². The van der Waals surface area contributed by atoms with E-state index in [2.05, 4.69) is 9.97 Å². The van der Waals surface area contributed by atoms with Crippen LogP contribution in [-0.2, 0) is 10.3 Å². The largest absolute Gasteiger partial charge is 0.477 e. The summed E-state index contributed by atoms with van der Waals surface area (Å²) < 4.78 is 5.50. The first-order chi connectivity index (χ1) is 7.53. The summed E-state index contributed by atoms with van der Waals surface area (Å²) in [4.78, 5) is 28.5. The van der Waals surface area contributed by atoms with E-state index < -0.39 is 17.1 Å². The number of nitrogens with zero attached hydrogens (tertiary/aromatic N) is 1. The molecule has 1 atom stereocenters. The van der Waals surface area contributed by atoms with Crippen LogP contribution in [0.3, 0.4) is 0 Å². The van der Waals surface area contributed by atoms with E-state index in [9.17, 15) is 9.59 Å². The van der Waals surface area contributed by atoms with Gasteiger partial charge < -0.3 is 14.8 Å². The zero-order valence-corrected chi connectivity index (χ0v) is 8.82. The van der Waals surface area contributed by atoms with E-state index >= 15 is 0 Å². The summed E-state index contributed by atoms with van der Waals surface area (Å²) in [6, 6.07) is 0. The molecular formula is C10H12N2O4. The summed E-state index contributed by atoms with van der Waals surface area (Å²) in [5.74, 6) is -0.891. The number of H-pyrrole nitrogens is 1. The van der Waals surface area contributed by atoms with E-state index in [1.165, 1.54) is 0 Å². The highest BCUT2D eigenvalue weighted by Gasteiger charge is 2.34. The molecule has 0 bridgehead atoms. The third-order valence-electron chi connectivity index (χ3n) is 2.75. The molecule has 1 aromatic rings. The average Bonchev–Trinajstić information content (AvgIpc) is 2.66. The molecule has 1 fully saturated rings. The van der Waals surface area contributed by atoms with Gasteiger partial charge in [0, 0.05) is 12.8 Å². The van der Waals surface area contributed by atoms with Crippen LogP contribution in [-0.4, -0.2) is 27.7 Å². The summed E-state index contributed by atoms with van der Waals surface area (Å²) in [5, 5.41) is 8.69. The van der Waals surface area contributed by atoms with Crippen LogP contribution in [0.5, 0.6) is 0 Å². The lowest BCUT2D eigenvalue weighted by Crippen LogP contribution is -2.29. The van der Waals surface area contributed by atoms with E-state index in [-0.39, 0.29) is 5.56 Å². The molecule has 0 radical (unpaired) electrons. The van der Waals surface area contributed by atoms with Crippen molar-refractivity contribution >= 4 is 5.97 Å². The third-order valence-corrected chi connectivity index (χ3v) is 2.75. The zero-order chi connectivity index (χ0) is 11.8. The molecule has 2 rings (SSSR count). The molecule has 1 saturated heterocycles. The zero-order valence-electron chi connectivity index (χ0n) is 8.82. The van der Waals surface area contributed by atoms with Gasteiger partial charge in [-0.25, -0.2) is 9.78 Å². The predicted molar refractivity (Wildman–Crippen MR) is 54.4 cm³/mol. The van der Waals surface area contributed by atoms with Gasteiger partial charge >= 0.3 is 5.97 Å². The summed E-state index contributed by atoms with van der Waals surface area (Å²) in [6.45, 7) is 2.46. The maximum absolute atomic E-state index is 11.4. The Kier molecular flexibility index (Phi) is 2.51. The minimum absolute atomic E-state index is 0.356. The number of carboxylic acid groups (broad SMARTS) is 1. The van der Waals surface area contributed by atoms with E-state index in [4.69, 9.17) is 9.84 Å². The van der Waals surface area contributed by atoms with Gasteiger partial charge in [-0.2, -0.15) is 0 Å². The van der Waals surface area contributed by atoms with Crippen LogP contribution < -0.4 is 5.56 Å². The molecule has 6 nitrogen and oxygen atoms in total. The molecule has 86 valence electrons. The number of rotatable bonds is 2. The second kappa shape index (κ2) is 3.71. The smallest absolute Gasteiger partial charge is 0.342 e. The molecule has 6 heteroatoms. The van der Waals surface area contributed by atoms with E-state index in [0.717, 1.165) is 19.0 Å². The number of nitrogens with one attached hydrogen (secondary N) is 1. The maximum atomic E-state index is 11.4. The number of ether oxygens (including phenoxy) is 1. The van der Waals surface area contributed by atoms with Gasteiger partial charge in [0.15, 0.2) is 0 Å². The average molecular weight is 224 g/mol. The van der Waals surface area contributed by atoms with Crippen molar-refractivity contribution in [1.82, 2.24) is 9.97 Å². The first-order valence-electron chi connectivity index (χ1n) is 5.00. The van der Waals surface area contributed by atoms with Gasteiger partial charge in [-0.1, -0.05) is 0 Å². The molecule has 2 heterocycles. The first-order valence-corrected chi connectivity index (χ1v) is 5.00. The lowest BCUT2D eigenvalue weighted by molar-refractivity contribution is 0.00901. The van der Waals surface area contributed by atoms with Gasteiger partial charge in [0.05, 0.1) is 0 Å². The van der Waals surface area contributed by atoms with Crippen LogP contribution in [0, 0.1) is 0 Å². The number of hydrogen-bond acceptors (Lipinski definition) is 4. The summed E-state index contributed by atoms with van der Waals surface area (Å²) in [6.07, 6.45) is 2.74. The van der Waals surface area contributed by atoms with Crippen molar-refractivity contribution in [2.45, 2.75) is 25.4 Å². The number of aromatic nitrogens is 2. The molecule has 0 saturated carbocycles. The Morgan fingerprint density at radius 1 is 1.69 bits per heavy atom. The van der Waals surface area contributed by atoms with Crippen LogP contribution >= 0.6 is 0 Å². The van der Waals surface area contributed by atoms with Crippen LogP contribution in [0.1, 0.15) is 35.9 Å². The Morgan fingerprint density at radius 2 is 2.44 bits per heavy atom. The molecule has 0 aliphatic carbocycles. The highest BCUT2D eigenvalue weighted by Crippen LogP contribution is 2.32. The lowest BCUT2D eigenvalue weighted by Gasteiger charge is -2.21. The van der Waals surface area contributed by atoms with Crippen LogP contribution in [0.15, 0.2) is 11.0 Å². The molecule has 1 aliphatic heterocycles. The second-order valence-corrected chi connectivity index (χ2v) is 3.96. The lowest BCUT2D eigenvalue weighted by atomic mass is 10.0. The highest BCUT2D eigenvalue weighted by atomic mass is 16.5. The number of carboxylic acids is 1. The fraction of sp³-hybridized carbons (Fsp3) is 0.500. The van der Waals surface area contributed by atoms with Crippen LogP contribution in [0.25, 0.3) is 0 Å².